The summed E-state index contributed by atoms with van der Waals surface area (Å²) in [4.78, 5) is 18.1. The molecule has 0 radical (unpaired) electrons. The van der Waals surface area contributed by atoms with Gasteiger partial charge in [0.15, 0.2) is 11.6 Å². The average molecular weight is 363 g/mol. The number of hydrogen-bond donors (Lipinski definition) is 1. The van der Waals surface area contributed by atoms with E-state index in [1.54, 1.807) is 19.2 Å². The topological polar surface area (TPSA) is 63.7 Å². The normalized spacial score (nSPS) is 17.7. The highest BCUT2D eigenvalue weighted by Gasteiger charge is 2.25. The summed E-state index contributed by atoms with van der Waals surface area (Å²) in [6.45, 7) is 2.22. The Kier molecular flexibility index (Phi) is 5.75. The van der Waals surface area contributed by atoms with Gasteiger partial charge in [-0.2, -0.15) is 0 Å². The number of amides is 1. The second-order valence-electron chi connectivity index (χ2n) is 5.87. The maximum absolute atomic E-state index is 13.6. The minimum Gasteiger partial charge on any atom is -0.453 e. The summed E-state index contributed by atoms with van der Waals surface area (Å²) in [6.07, 6.45) is 0.993. The number of hydrogen-bond acceptors (Lipinski definition) is 5. The molecule has 3 rings (SSSR count). The van der Waals surface area contributed by atoms with E-state index in [-0.39, 0.29) is 11.7 Å². The van der Waals surface area contributed by atoms with Gasteiger partial charge in [-0.25, -0.2) is 8.78 Å². The first-order valence-corrected chi connectivity index (χ1v) is 8.18. The Bertz CT molecular complexity index is 771. The number of likely N-dealkylation sites (N-methyl/N-ethyl adjacent to an activating group) is 1. The van der Waals surface area contributed by atoms with Crippen LogP contribution in [0, 0.1) is 11.6 Å². The van der Waals surface area contributed by atoms with Crippen molar-refractivity contribution in [3.05, 3.63) is 53.9 Å². The SMILES string of the molecule is CNC(=O)C1CN(Cc2ccc(Oc3ccc(F)cc3F)cn2)CCO1. The van der Waals surface area contributed by atoms with Crippen LogP contribution < -0.4 is 10.1 Å². The zero-order chi connectivity index (χ0) is 18.5. The average Bonchev–Trinajstić information content (AvgIpc) is 2.65. The minimum absolute atomic E-state index is 0.0671. The standard InChI is InChI=1S/C18H19F2N3O3/c1-21-18(24)17-11-23(6-7-25-17)10-13-3-4-14(9-22-13)26-16-5-2-12(19)8-15(16)20/h2-5,8-9,17H,6-7,10-11H2,1H3,(H,21,24). The molecule has 1 fully saturated rings. The molecule has 0 spiro atoms. The molecule has 1 aliphatic rings. The van der Waals surface area contributed by atoms with Crippen molar-refractivity contribution in [3.8, 4) is 11.5 Å². The molecular formula is C18H19F2N3O3. The Morgan fingerprint density at radius 3 is 2.92 bits per heavy atom. The molecule has 0 saturated carbocycles. The lowest BCUT2D eigenvalue weighted by molar-refractivity contribution is -0.138. The molecule has 1 N–H and O–H groups in total. The van der Waals surface area contributed by atoms with Crippen molar-refractivity contribution in [2.45, 2.75) is 12.6 Å². The number of halogens is 2. The second-order valence-corrected chi connectivity index (χ2v) is 5.87. The number of nitrogens with one attached hydrogen (secondary N) is 1. The van der Waals surface area contributed by atoms with E-state index >= 15 is 0 Å². The third-order valence-corrected chi connectivity index (χ3v) is 3.99. The van der Waals surface area contributed by atoms with Crippen LogP contribution in [0.5, 0.6) is 11.5 Å². The summed E-state index contributed by atoms with van der Waals surface area (Å²) in [5.41, 5.74) is 0.787. The quantitative estimate of drug-likeness (QED) is 0.881. The van der Waals surface area contributed by atoms with Gasteiger partial charge in [-0.1, -0.05) is 0 Å². The van der Waals surface area contributed by atoms with Gasteiger partial charge in [0.1, 0.15) is 17.7 Å². The van der Waals surface area contributed by atoms with Crippen LogP contribution in [0.2, 0.25) is 0 Å². The summed E-state index contributed by atoms with van der Waals surface area (Å²) in [5, 5.41) is 2.58. The molecular weight excluding hydrogens is 344 g/mol. The maximum Gasteiger partial charge on any atom is 0.250 e. The van der Waals surface area contributed by atoms with Crippen molar-refractivity contribution < 1.29 is 23.0 Å². The van der Waals surface area contributed by atoms with Crippen molar-refractivity contribution in [2.75, 3.05) is 26.7 Å². The third-order valence-electron chi connectivity index (χ3n) is 3.99. The minimum atomic E-state index is -0.775. The molecule has 6 nitrogen and oxygen atoms in total. The fourth-order valence-corrected chi connectivity index (χ4v) is 2.64. The number of pyridine rings is 1. The maximum atomic E-state index is 13.6. The molecule has 1 saturated heterocycles. The Labute approximate surface area is 149 Å². The molecule has 1 unspecified atom stereocenters. The molecule has 1 aromatic carbocycles. The number of rotatable bonds is 5. The number of aromatic nitrogens is 1. The van der Waals surface area contributed by atoms with Crippen LogP contribution >= 0.6 is 0 Å². The first-order chi connectivity index (χ1) is 12.5. The first kappa shape index (κ1) is 18.2. The van der Waals surface area contributed by atoms with Crippen molar-refractivity contribution in [2.24, 2.45) is 0 Å². The van der Waals surface area contributed by atoms with Crippen LogP contribution in [0.1, 0.15) is 5.69 Å². The van der Waals surface area contributed by atoms with Gasteiger partial charge in [0, 0.05) is 32.7 Å². The molecule has 138 valence electrons. The van der Waals surface area contributed by atoms with Gasteiger partial charge in [-0.15, -0.1) is 0 Å². The van der Waals surface area contributed by atoms with E-state index in [1.807, 2.05) is 0 Å². The highest BCUT2D eigenvalue weighted by Crippen LogP contribution is 2.24. The molecule has 1 amide bonds. The smallest absolute Gasteiger partial charge is 0.250 e. The molecule has 1 aliphatic heterocycles. The number of benzene rings is 1. The largest absolute Gasteiger partial charge is 0.453 e. The van der Waals surface area contributed by atoms with E-state index in [9.17, 15) is 13.6 Å². The number of nitrogens with zero attached hydrogens (tertiary/aromatic N) is 2. The van der Waals surface area contributed by atoms with Gasteiger partial charge in [0.25, 0.3) is 0 Å². The highest BCUT2D eigenvalue weighted by atomic mass is 19.1. The molecule has 2 aromatic rings. The molecule has 0 aliphatic carbocycles. The Morgan fingerprint density at radius 1 is 1.38 bits per heavy atom. The van der Waals surface area contributed by atoms with E-state index < -0.39 is 17.7 Å². The first-order valence-electron chi connectivity index (χ1n) is 8.18. The van der Waals surface area contributed by atoms with Crippen molar-refractivity contribution in [1.82, 2.24) is 15.2 Å². The summed E-state index contributed by atoms with van der Waals surface area (Å²) in [5.74, 6) is -1.30. The van der Waals surface area contributed by atoms with Gasteiger partial charge in [0.2, 0.25) is 5.91 Å². The number of morpholine rings is 1. The molecule has 0 bridgehead atoms. The number of carbonyl (C=O) groups excluding carboxylic acids is 1. The predicted molar refractivity (Wildman–Crippen MR) is 89.8 cm³/mol. The van der Waals surface area contributed by atoms with Gasteiger partial charge in [0.05, 0.1) is 18.5 Å². The van der Waals surface area contributed by atoms with E-state index in [0.717, 1.165) is 17.8 Å². The van der Waals surface area contributed by atoms with E-state index in [1.165, 1.54) is 12.3 Å². The fraction of sp³-hybridized carbons (Fsp3) is 0.333. The van der Waals surface area contributed by atoms with E-state index in [2.05, 4.69) is 15.2 Å². The lowest BCUT2D eigenvalue weighted by Gasteiger charge is -2.31. The summed E-state index contributed by atoms with van der Waals surface area (Å²) in [7, 11) is 1.58. The zero-order valence-electron chi connectivity index (χ0n) is 14.2. The lowest BCUT2D eigenvalue weighted by Crippen LogP contribution is -2.48. The molecule has 2 heterocycles. The van der Waals surface area contributed by atoms with E-state index in [0.29, 0.717) is 32.0 Å². The number of carbonyl (C=O) groups is 1. The molecule has 1 atom stereocenters. The van der Waals surface area contributed by atoms with Crippen molar-refractivity contribution in [3.63, 3.8) is 0 Å². The van der Waals surface area contributed by atoms with Crippen molar-refractivity contribution in [1.29, 1.82) is 0 Å². The van der Waals surface area contributed by atoms with Gasteiger partial charge < -0.3 is 14.8 Å². The van der Waals surface area contributed by atoms with Crippen molar-refractivity contribution >= 4 is 5.91 Å². The van der Waals surface area contributed by atoms with Gasteiger partial charge in [-0.05, 0) is 24.3 Å². The summed E-state index contributed by atoms with van der Waals surface area (Å²) in [6, 6.07) is 6.55. The predicted octanol–water partition coefficient (Wildman–Crippen LogP) is 2.10. The van der Waals surface area contributed by atoms with Gasteiger partial charge >= 0.3 is 0 Å². The summed E-state index contributed by atoms with van der Waals surface area (Å²) >= 11 is 0. The summed E-state index contributed by atoms with van der Waals surface area (Å²) < 4.78 is 37.4. The Morgan fingerprint density at radius 2 is 2.23 bits per heavy atom. The van der Waals surface area contributed by atoms with Crippen LogP contribution in [0.15, 0.2) is 36.5 Å². The molecule has 1 aromatic heterocycles. The fourth-order valence-electron chi connectivity index (χ4n) is 2.64. The highest BCUT2D eigenvalue weighted by molar-refractivity contribution is 5.80. The Balaban J connectivity index is 1.60. The zero-order valence-corrected chi connectivity index (χ0v) is 14.2. The van der Waals surface area contributed by atoms with E-state index in [4.69, 9.17) is 9.47 Å². The molecule has 26 heavy (non-hydrogen) atoms. The second kappa shape index (κ2) is 8.20. The Hall–Kier alpha value is -2.58. The van der Waals surface area contributed by atoms with Gasteiger partial charge in [-0.3, -0.25) is 14.7 Å². The van der Waals surface area contributed by atoms with Crippen LogP contribution in [-0.2, 0) is 16.1 Å². The van der Waals surface area contributed by atoms with Crippen LogP contribution in [0.4, 0.5) is 8.78 Å². The lowest BCUT2D eigenvalue weighted by atomic mass is 10.2. The monoisotopic (exact) mass is 363 g/mol. The van der Waals surface area contributed by atoms with Crippen LogP contribution in [-0.4, -0.2) is 48.6 Å². The number of ether oxygens (including phenoxy) is 2. The molecule has 8 heteroatoms. The van der Waals surface area contributed by atoms with Crippen LogP contribution in [0.3, 0.4) is 0 Å². The third kappa shape index (κ3) is 4.53. The van der Waals surface area contributed by atoms with Crippen LogP contribution in [0.25, 0.3) is 0 Å².